The van der Waals surface area contributed by atoms with Gasteiger partial charge in [-0.1, -0.05) is 12.1 Å². The fourth-order valence-electron chi connectivity index (χ4n) is 0.892. The van der Waals surface area contributed by atoms with Crippen LogP contribution in [0.4, 0.5) is 9.18 Å². The van der Waals surface area contributed by atoms with Gasteiger partial charge in [0.2, 0.25) is 0 Å². The molecule has 0 unspecified atom stereocenters. The van der Waals surface area contributed by atoms with Gasteiger partial charge in [0.05, 0.1) is 13.7 Å². The van der Waals surface area contributed by atoms with E-state index in [2.05, 4.69) is 4.74 Å². The molecule has 1 aromatic rings. The Morgan fingerprint density at radius 3 is 2.00 bits per heavy atom. The van der Waals surface area contributed by atoms with Crippen molar-refractivity contribution < 1.29 is 171 Å². The Morgan fingerprint density at radius 2 is 1.60 bits per heavy atom. The number of benzene rings is 1. The van der Waals surface area contributed by atoms with Gasteiger partial charge in [-0.05, 0) is 23.9 Å². The van der Waals surface area contributed by atoms with Crippen molar-refractivity contribution in [1.82, 2.24) is 0 Å². The van der Waals surface area contributed by atoms with E-state index in [1.54, 1.807) is 12.1 Å². The molecule has 100 valence electrons. The van der Waals surface area contributed by atoms with Gasteiger partial charge in [-0.2, -0.15) is 0 Å². The average molecular weight is 524 g/mol. The second-order valence-electron chi connectivity index (χ2n) is 2.95. The summed E-state index contributed by atoms with van der Waals surface area (Å²) < 4.78 is 21.9. The Balaban J connectivity index is -0.000000429. The summed E-state index contributed by atoms with van der Waals surface area (Å²) in [6.07, 6.45) is -2.33. The summed E-state index contributed by atoms with van der Waals surface area (Å²) in [5.41, 5.74) is 0.815. The van der Waals surface area contributed by atoms with Crippen molar-refractivity contribution in [3.63, 3.8) is 0 Å². The van der Waals surface area contributed by atoms with Gasteiger partial charge in [0.25, 0.3) is 0 Å². The van der Waals surface area contributed by atoms with Crippen LogP contribution in [0.25, 0.3) is 0 Å². The Kier molecular flexibility index (Phi) is 23.2. The summed E-state index contributed by atoms with van der Waals surface area (Å²) in [6.45, 7) is 0.184. The molecule has 0 saturated heterocycles. The zero-order chi connectivity index (χ0) is 14.0. The summed E-state index contributed by atoms with van der Waals surface area (Å²) >= 11 is 0. The molecule has 0 aliphatic carbocycles. The van der Waals surface area contributed by atoms with Gasteiger partial charge in [0.1, 0.15) is 12.4 Å². The Hall–Kier alpha value is 1.95. The molecular weight excluding hydrogens is 513 g/mol. The first-order valence-corrected chi connectivity index (χ1v) is 4.72. The van der Waals surface area contributed by atoms with Crippen molar-refractivity contribution in [2.24, 2.45) is 0 Å². The van der Waals surface area contributed by atoms with Crippen LogP contribution in [0, 0.1) is 5.82 Å². The van der Waals surface area contributed by atoms with Crippen LogP contribution in [-0.4, -0.2) is 25.8 Å². The molecule has 0 saturated carbocycles. The number of hydrogen-bond acceptors (Lipinski definition) is 6. The minimum absolute atomic E-state index is 0. The first-order chi connectivity index (χ1) is 8.45. The van der Waals surface area contributed by atoms with Crippen LogP contribution in [0.5, 0.6) is 0 Å². The Bertz CT molecular complexity index is 381. The van der Waals surface area contributed by atoms with E-state index in [1.807, 2.05) is 0 Å². The third-order valence-corrected chi connectivity index (χ3v) is 1.63. The van der Waals surface area contributed by atoms with Gasteiger partial charge in [0, 0.05) is 0 Å². The zero-order valence-corrected chi connectivity index (χ0v) is 24.1. The molecule has 0 aliphatic rings. The van der Waals surface area contributed by atoms with Crippen LogP contribution in [-0.2, 0) is 20.9 Å². The van der Waals surface area contributed by atoms with Crippen molar-refractivity contribution in [2.75, 3.05) is 13.7 Å². The molecule has 0 fully saturated rings. The number of ether oxygens (including phenoxy) is 2. The predicted octanol–water partition coefficient (Wildman–Crippen LogP) is -6.92. The van der Waals surface area contributed by atoms with E-state index in [-0.39, 0.29) is 157 Å². The van der Waals surface area contributed by atoms with E-state index in [4.69, 9.17) is 19.7 Å². The molecule has 0 atom stereocenters. The van der Waals surface area contributed by atoms with Crippen LogP contribution in [0.3, 0.4) is 0 Å². The second kappa shape index (κ2) is 17.3. The van der Waals surface area contributed by atoms with E-state index in [0.717, 1.165) is 5.56 Å². The minimum Gasteiger partial charge on any atom is -0.652 e. The van der Waals surface area contributed by atoms with Crippen LogP contribution < -0.4 is 148 Å². The summed E-state index contributed by atoms with van der Waals surface area (Å²) in [7, 11) is 1.30. The molecule has 0 amide bonds. The Morgan fingerprint density at radius 1 is 1.15 bits per heavy atom. The van der Waals surface area contributed by atoms with Crippen LogP contribution >= 0.6 is 0 Å². The standard InChI is InChI=1S/C10H11FO3.CH2O3.2Cs/c1-13-10(12)7-14-6-8-2-4-9(11)5-3-8;2-1(3)4;;/h2-5H,6-7H2,1H3;(H2,2,3,4);;/q;;2*+1/p-2. The second-order valence-corrected chi connectivity index (χ2v) is 2.95. The van der Waals surface area contributed by atoms with Crippen molar-refractivity contribution in [3.8, 4) is 0 Å². The molecule has 0 radical (unpaired) electrons. The monoisotopic (exact) mass is 524 g/mol. The maximum atomic E-state index is 12.5. The molecule has 0 spiro atoms. The summed E-state index contributed by atoms with van der Waals surface area (Å²) in [5, 5.41) is 16.7. The van der Waals surface area contributed by atoms with Crippen molar-refractivity contribution in [1.29, 1.82) is 0 Å². The number of carbonyl (C=O) groups excluding carboxylic acids is 2. The normalized spacial score (nSPS) is 8.10. The van der Waals surface area contributed by atoms with Crippen LogP contribution in [0.1, 0.15) is 5.56 Å². The van der Waals surface area contributed by atoms with E-state index < -0.39 is 12.1 Å². The number of esters is 1. The smallest absolute Gasteiger partial charge is 0.652 e. The molecule has 9 heteroatoms. The molecule has 0 bridgehead atoms. The van der Waals surface area contributed by atoms with Crippen molar-refractivity contribution in [2.45, 2.75) is 6.61 Å². The van der Waals surface area contributed by atoms with E-state index >= 15 is 0 Å². The molecule has 1 aromatic carbocycles. The molecule has 1 rings (SSSR count). The van der Waals surface area contributed by atoms with Crippen LogP contribution in [0.2, 0.25) is 0 Å². The summed E-state index contributed by atoms with van der Waals surface area (Å²) in [4.78, 5) is 19.0. The van der Waals surface area contributed by atoms with Gasteiger partial charge < -0.3 is 24.5 Å². The third-order valence-electron chi connectivity index (χ3n) is 1.63. The number of hydrogen-bond donors (Lipinski definition) is 0. The molecule has 0 heterocycles. The van der Waals surface area contributed by atoms with Crippen molar-refractivity contribution in [3.05, 3.63) is 35.6 Å². The first kappa shape index (κ1) is 26.8. The number of halogens is 1. The van der Waals surface area contributed by atoms with E-state index in [0.29, 0.717) is 0 Å². The van der Waals surface area contributed by atoms with Gasteiger partial charge in [-0.3, -0.25) is 0 Å². The fraction of sp³-hybridized carbons (Fsp3) is 0.273. The zero-order valence-electron chi connectivity index (χ0n) is 11.6. The average Bonchev–Trinajstić information content (AvgIpc) is 2.31. The number of methoxy groups -OCH3 is 1. The first-order valence-electron chi connectivity index (χ1n) is 4.72. The summed E-state index contributed by atoms with van der Waals surface area (Å²) in [5.74, 6) is -0.714. The van der Waals surface area contributed by atoms with Crippen LogP contribution in [0.15, 0.2) is 24.3 Å². The Labute approximate surface area is 233 Å². The predicted molar refractivity (Wildman–Crippen MR) is 53.5 cm³/mol. The molecule has 20 heavy (non-hydrogen) atoms. The largest absolute Gasteiger partial charge is 1.00 e. The number of carboxylic acid groups (broad SMARTS) is 2. The topological polar surface area (TPSA) is 98.7 Å². The quantitative estimate of drug-likeness (QED) is 0.364. The molecule has 6 nitrogen and oxygen atoms in total. The molecule has 0 aliphatic heterocycles. The maximum absolute atomic E-state index is 12.5. The summed E-state index contributed by atoms with van der Waals surface area (Å²) in [6, 6.07) is 5.90. The van der Waals surface area contributed by atoms with Crippen molar-refractivity contribution >= 4 is 12.1 Å². The SMILES string of the molecule is COC(=O)COCc1ccc(F)cc1.O=C([O-])[O-].[Cs+].[Cs+]. The molecule has 0 N–H and O–H groups in total. The van der Waals surface area contributed by atoms with Gasteiger partial charge >= 0.3 is 144 Å². The van der Waals surface area contributed by atoms with Gasteiger partial charge in [-0.15, -0.1) is 0 Å². The van der Waals surface area contributed by atoms with Gasteiger partial charge in [-0.25, -0.2) is 9.18 Å². The van der Waals surface area contributed by atoms with Gasteiger partial charge in [0.15, 0.2) is 0 Å². The fourth-order valence-corrected chi connectivity index (χ4v) is 0.892. The number of rotatable bonds is 4. The minimum atomic E-state index is -2.33. The maximum Gasteiger partial charge on any atom is 1.00 e. The molecule has 0 aromatic heterocycles. The molecular formula is C11H11Cs2FO6. The van der Waals surface area contributed by atoms with E-state index in [1.165, 1.54) is 19.2 Å². The van der Waals surface area contributed by atoms with E-state index in [9.17, 15) is 9.18 Å². The number of carbonyl (C=O) groups is 2. The third kappa shape index (κ3) is 18.0.